The average Bonchev–Trinajstić information content (AvgIpc) is 3.64. The number of nitrogens with zero attached hydrogens (tertiary/aromatic N) is 3. The highest BCUT2D eigenvalue weighted by Crippen LogP contribution is 2.35. The van der Waals surface area contributed by atoms with Gasteiger partial charge in [0.15, 0.2) is 4.80 Å². The number of thiazole rings is 1. The Labute approximate surface area is 266 Å². The van der Waals surface area contributed by atoms with Crippen molar-refractivity contribution in [1.29, 1.82) is 0 Å². The smallest absolute Gasteiger partial charge is 0.273 e. The lowest BCUT2D eigenvalue weighted by Crippen LogP contribution is -2.40. The molecule has 1 aliphatic heterocycles. The molecule has 0 fully saturated rings. The summed E-state index contributed by atoms with van der Waals surface area (Å²) in [5.41, 5.74) is 2.24. The summed E-state index contributed by atoms with van der Waals surface area (Å²) in [6, 6.07) is 23.3. The highest BCUT2D eigenvalue weighted by atomic mass is 32.1. The fourth-order valence-electron chi connectivity index (χ4n) is 5.26. The molecule has 3 aromatic carbocycles. The van der Waals surface area contributed by atoms with Gasteiger partial charge in [0.1, 0.15) is 23.0 Å². The van der Waals surface area contributed by atoms with Crippen molar-refractivity contribution in [3.63, 3.8) is 0 Å². The lowest BCUT2D eigenvalue weighted by atomic mass is 9.95. The number of benzene rings is 3. The summed E-state index contributed by atoms with van der Waals surface area (Å²) in [5.74, 6) is 1.38. The summed E-state index contributed by atoms with van der Waals surface area (Å²) in [5, 5.41) is 14.2. The minimum Gasteiger partial charge on any atom is -0.496 e. The monoisotopic (exact) mass is 636 g/mol. The van der Waals surface area contributed by atoms with E-state index in [1.807, 2.05) is 49.4 Å². The van der Waals surface area contributed by atoms with Crippen LogP contribution in [0.2, 0.25) is 0 Å². The van der Waals surface area contributed by atoms with Crippen LogP contribution in [0.1, 0.15) is 31.2 Å². The van der Waals surface area contributed by atoms with Gasteiger partial charge < -0.3 is 19.2 Å². The molecular formula is C34H28N4O7S. The zero-order valence-electron chi connectivity index (χ0n) is 25.1. The number of methoxy groups -OCH3 is 1. The van der Waals surface area contributed by atoms with Gasteiger partial charge in [0.05, 0.1) is 52.1 Å². The van der Waals surface area contributed by atoms with Crippen LogP contribution in [0.3, 0.4) is 0 Å². The normalized spacial score (nSPS) is 14.4. The van der Waals surface area contributed by atoms with Crippen LogP contribution in [0.15, 0.2) is 110 Å². The zero-order valence-corrected chi connectivity index (χ0v) is 25.9. The van der Waals surface area contributed by atoms with E-state index in [1.54, 1.807) is 43.3 Å². The third-order valence-electron chi connectivity index (χ3n) is 7.37. The third kappa shape index (κ3) is 5.85. The summed E-state index contributed by atoms with van der Waals surface area (Å²) in [7, 11) is 1.42. The molecule has 1 aliphatic rings. The van der Waals surface area contributed by atoms with Crippen molar-refractivity contribution in [3.05, 3.63) is 137 Å². The maximum atomic E-state index is 14.1. The van der Waals surface area contributed by atoms with Crippen LogP contribution in [0, 0.1) is 10.1 Å². The van der Waals surface area contributed by atoms with E-state index in [9.17, 15) is 19.7 Å². The van der Waals surface area contributed by atoms with Crippen molar-refractivity contribution < 1.29 is 23.6 Å². The number of rotatable bonds is 9. The Morgan fingerprint density at radius 1 is 1.11 bits per heavy atom. The number of nitro benzene ring substituents is 1. The van der Waals surface area contributed by atoms with Crippen LogP contribution >= 0.6 is 11.3 Å². The number of para-hydroxylation sites is 1. The van der Waals surface area contributed by atoms with Gasteiger partial charge in [-0.25, -0.2) is 4.99 Å². The number of nitrogens with one attached hydrogen (secondary N) is 1. The Bertz CT molecular complexity index is 2160. The molecule has 11 nitrogen and oxygen atoms in total. The van der Waals surface area contributed by atoms with E-state index >= 15 is 0 Å². The van der Waals surface area contributed by atoms with Gasteiger partial charge in [-0.15, -0.1) is 0 Å². The predicted molar refractivity (Wildman–Crippen MR) is 174 cm³/mol. The Kier molecular flexibility index (Phi) is 8.36. The molecule has 232 valence electrons. The Morgan fingerprint density at radius 3 is 2.57 bits per heavy atom. The number of ether oxygens (including phenoxy) is 2. The molecule has 3 heterocycles. The number of non-ortho nitro benzene ring substituents is 1. The number of amides is 1. The number of carbonyl (C=O) groups is 1. The molecule has 0 saturated heterocycles. The largest absolute Gasteiger partial charge is 0.496 e. The minimum absolute atomic E-state index is 0.109. The molecule has 1 N–H and O–H groups in total. The fraction of sp³-hybridized carbons (Fsp3) is 0.147. The summed E-state index contributed by atoms with van der Waals surface area (Å²) in [6.45, 7) is 4.16. The van der Waals surface area contributed by atoms with Crippen molar-refractivity contribution in [2.75, 3.05) is 19.0 Å². The third-order valence-corrected chi connectivity index (χ3v) is 8.35. The first-order chi connectivity index (χ1) is 22.3. The molecule has 5 aromatic rings. The summed E-state index contributed by atoms with van der Waals surface area (Å²) >= 11 is 1.18. The van der Waals surface area contributed by atoms with E-state index < -0.39 is 11.0 Å². The standard InChI is InChI=1S/C34H28N4O7S/c1-4-44-24-13-10-21(11-14-24)31-30(32(39)36-22-8-6-5-7-9-22)20(2)35-34-37(31)33(40)29(46-34)19-25-15-17-27(45-25)26-16-12-23(38(41)42)18-28(26)43-3/h5-19,31H,4H2,1-3H3,(H,36,39)/b29-19-/t31-/m1/s1. The number of fused-ring (bicyclic) bond motifs is 1. The van der Waals surface area contributed by atoms with Gasteiger partial charge in [-0.2, -0.15) is 0 Å². The van der Waals surface area contributed by atoms with Gasteiger partial charge in [0, 0.05) is 17.8 Å². The second kappa shape index (κ2) is 12.7. The Morgan fingerprint density at radius 2 is 1.87 bits per heavy atom. The predicted octanol–water partition coefficient (Wildman–Crippen LogP) is 5.45. The molecule has 12 heteroatoms. The molecule has 1 amide bonds. The number of hydrogen-bond acceptors (Lipinski definition) is 9. The highest BCUT2D eigenvalue weighted by molar-refractivity contribution is 7.07. The highest BCUT2D eigenvalue weighted by Gasteiger charge is 2.32. The van der Waals surface area contributed by atoms with Crippen LogP contribution in [0.4, 0.5) is 11.4 Å². The molecular weight excluding hydrogens is 608 g/mol. The molecule has 0 unspecified atom stereocenters. The van der Waals surface area contributed by atoms with E-state index in [0.29, 0.717) is 61.3 Å². The van der Waals surface area contributed by atoms with E-state index in [0.717, 1.165) is 0 Å². The lowest BCUT2D eigenvalue weighted by molar-refractivity contribution is -0.384. The number of hydrogen-bond donors (Lipinski definition) is 1. The topological polar surface area (TPSA) is 138 Å². The van der Waals surface area contributed by atoms with Gasteiger partial charge in [-0.3, -0.25) is 24.3 Å². The zero-order chi connectivity index (χ0) is 32.4. The second-order valence-electron chi connectivity index (χ2n) is 10.2. The average molecular weight is 637 g/mol. The van der Waals surface area contributed by atoms with Crippen molar-refractivity contribution in [2.24, 2.45) is 4.99 Å². The number of furan rings is 1. The first kappa shape index (κ1) is 30.3. The molecule has 0 spiro atoms. The number of allylic oxidation sites excluding steroid dienone is 1. The number of carbonyl (C=O) groups excluding carboxylic acids is 1. The number of aromatic nitrogens is 1. The quantitative estimate of drug-likeness (QED) is 0.168. The molecule has 0 aliphatic carbocycles. The van der Waals surface area contributed by atoms with E-state index in [4.69, 9.17) is 13.9 Å². The van der Waals surface area contributed by atoms with Crippen molar-refractivity contribution in [1.82, 2.24) is 4.57 Å². The van der Waals surface area contributed by atoms with Crippen molar-refractivity contribution >= 4 is 34.7 Å². The summed E-state index contributed by atoms with van der Waals surface area (Å²) < 4.78 is 18.9. The van der Waals surface area contributed by atoms with Gasteiger partial charge in [-0.05, 0) is 61.9 Å². The maximum absolute atomic E-state index is 14.1. The van der Waals surface area contributed by atoms with Gasteiger partial charge >= 0.3 is 0 Å². The van der Waals surface area contributed by atoms with Gasteiger partial charge in [0.2, 0.25) is 0 Å². The molecule has 1 atom stereocenters. The van der Waals surface area contributed by atoms with Crippen LogP contribution in [0.25, 0.3) is 17.4 Å². The number of nitro groups is 1. The fourth-order valence-corrected chi connectivity index (χ4v) is 6.29. The van der Waals surface area contributed by atoms with E-state index in [1.165, 1.54) is 35.1 Å². The summed E-state index contributed by atoms with van der Waals surface area (Å²) in [6.07, 6.45) is 1.61. The van der Waals surface area contributed by atoms with Crippen LogP contribution in [-0.2, 0) is 4.79 Å². The molecule has 6 rings (SSSR count). The van der Waals surface area contributed by atoms with Crippen molar-refractivity contribution in [2.45, 2.75) is 19.9 Å². The molecule has 0 radical (unpaired) electrons. The Balaban J connectivity index is 1.43. The van der Waals surface area contributed by atoms with Gasteiger partial charge in [0.25, 0.3) is 17.2 Å². The van der Waals surface area contributed by atoms with Gasteiger partial charge in [-0.1, -0.05) is 41.7 Å². The second-order valence-corrected chi connectivity index (χ2v) is 11.3. The van der Waals surface area contributed by atoms with Crippen LogP contribution < -0.4 is 29.7 Å². The maximum Gasteiger partial charge on any atom is 0.273 e. The summed E-state index contributed by atoms with van der Waals surface area (Å²) in [4.78, 5) is 43.7. The minimum atomic E-state index is -0.755. The van der Waals surface area contributed by atoms with Crippen LogP contribution in [0.5, 0.6) is 11.5 Å². The molecule has 0 bridgehead atoms. The van der Waals surface area contributed by atoms with Crippen LogP contribution in [-0.4, -0.2) is 29.1 Å². The Hall–Kier alpha value is -5.75. The number of anilines is 1. The SMILES string of the molecule is CCOc1ccc([C@@H]2C(C(=O)Nc3ccccc3)=C(C)N=c3s/c(=C\c4ccc(-c5ccc([N+](=O)[O-])cc5OC)o4)c(=O)n32)cc1. The first-order valence-corrected chi connectivity index (χ1v) is 15.1. The van der Waals surface area contributed by atoms with Crippen molar-refractivity contribution in [3.8, 4) is 22.8 Å². The lowest BCUT2D eigenvalue weighted by Gasteiger charge is -2.25. The molecule has 2 aromatic heterocycles. The molecule has 46 heavy (non-hydrogen) atoms. The van der Waals surface area contributed by atoms with E-state index in [2.05, 4.69) is 10.3 Å². The first-order valence-electron chi connectivity index (χ1n) is 14.3. The van der Waals surface area contributed by atoms with E-state index in [-0.39, 0.29) is 22.9 Å². The molecule has 0 saturated carbocycles.